The fourth-order valence-corrected chi connectivity index (χ4v) is 3.28. The molecule has 1 aromatic heterocycles. The Morgan fingerprint density at radius 2 is 1.89 bits per heavy atom. The predicted molar refractivity (Wildman–Crippen MR) is 103 cm³/mol. The summed E-state index contributed by atoms with van der Waals surface area (Å²) >= 11 is 0. The summed E-state index contributed by atoms with van der Waals surface area (Å²) in [5.74, 6) is 1.67. The molecule has 0 aliphatic carbocycles. The van der Waals surface area contributed by atoms with Crippen LogP contribution in [0.2, 0.25) is 0 Å². The number of hydrogen-bond acceptors (Lipinski definition) is 6. The number of aromatic nitrogens is 2. The molecule has 3 rings (SSSR count). The predicted octanol–water partition coefficient (Wildman–Crippen LogP) is 3.53. The molecule has 0 bridgehead atoms. The van der Waals surface area contributed by atoms with E-state index in [1.54, 1.807) is 38.3 Å². The van der Waals surface area contributed by atoms with Gasteiger partial charge >= 0.3 is 0 Å². The Bertz CT molecular complexity index is 874. The lowest BCUT2D eigenvalue weighted by atomic mass is 9.89. The standard InChI is InChI=1S/C21H24N4O3/c1-21(2,14-22)20(26)25-12-4-5-15(13-25)18-19(24-11-10-23-18)28-17-8-6-16(27-3)7-9-17/h6-11,15H,4-5,12-13H2,1-3H3. The van der Waals surface area contributed by atoms with Crippen LogP contribution in [0.5, 0.6) is 17.4 Å². The van der Waals surface area contributed by atoms with E-state index in [0.717, 1.165) is 24.3 Å². The van der Waals surface area contributed by atoms with Crippen LogP contribution in [0, 0.1) is 16.7 Å². The first-order valence-electron chi connectivity index (χ1n) is 9.28. The first-order chi connectivity index (χ1) is 13.4. The number of hydrogen-bond donors (Lipinski definition) is 0. The molecule has 1 aliphatic rings. The molecular weight excluding hydrogens is 356 g/mol. The lowest BCUT2D eigenvalue weighted by Crippen LogP contribution is -2.45. The Morgan fingerprint density at radius 1 is 1.21 bits per heavy atom. The van der Waals surface area contributed by atoms with Crippen molar-refractivity contribution >= 4 is 5.91 Å². The summed E-state index contributed by atoms with van der Waals surface area (Å²) in [6.45, 7) is 4.45. The molecular formula is C21H24N4O3. The summed E-state index contributed by atoms with van der Waals surface area (Å²) < 4.78 is 11.1. The van der Waals surface area contributed by atoms with E-state index in [1.807, 2.05) is 24.3 Å². The number of carbonyl (C=O) groups is 1. The van der Waals surface area contributed by atoms with Gasteiger partial charge in [-0.05, 0) is 51.0 Å². The van der Waals surface area contributed by atoms with Gasteiger partial charge in [0, 0.05) is 31.4 Å². The van der Waals surface area contributed by atoms with Crippen molar-refractivity contribution in [1.29, 1.82) is 5.26 Å². The van der Waals surface area contributed by atoms with Crippen LogP contribution in [0.3, 0.4) is 0 Å². The van der Waals surface area contributed by atoms with Crippen molar-refractivity contribution in [2.75, 3.05) is 20.2 Å². The Kier molecular flexibility index (Phi) is 5.78. The molecule has 7 heteroatoms. The summed E-state index contributed by atoms with van der Waals surface area (Å²) in [4.78, 5) is 23.3. The minimum absolute atomic E-state index is 0.00846. The van der Waals surface area contributed by atoms with E-state index in [2.05, 4.69) is 16.0 Å². The molecule has 1 aliphatic heterocycles. The van der Waals surface area contributed by atoms with Crippen molar-refractivity contribution in [2.45, 2.75) is 32.6 Å². The summed E-state index contributed by atoms with van der Waals surface area (Å²) in [6.07, 6.45) is 4.95. The van der Waals surface area contributed by atoms with Crippen LogP contribution in [0.15, 0.2) is 36.7 Å². The fraction of sp³-hybridized carbons (Fsp3) is 0.429. The third kappa shape index (κ3) is 4.22. The van der Waals surface area contributed by atoms with Crippen molar-refractivity contribution in [3.63, 3.8) is 0 Å². The number of benzene rings is 1. The van der Waals surface area contributed by atoms with Crippen molar-refractivity contribution < 1.29 is 14.3 Å². The highest BCUT2D eigenvalue weighted by molar-refractivity contribution is 5.84. The van der Waals surface area contributed by atoms with Gasteiger partial charge in [0.2, 0.25) is 11.8 Å². The third-order valence-electron chi connectivity index (χ3n) is 4.87. The molecule has 146 valence electrons. The van der Waals surface area contributed by atoms with Crippen LogP contribution in [0.1, 0.15) is 38.3 Å². The summed E-state index contributed by atoms with van der Waals surface area (Å²) in [5.41, 5.74) is -0.308. The van der Waals surface area contributed by atoms with Crippen LogP contribution in [-0.4, -0.2) is 41.0 Å². The van der Waals surface area contributed by atoms with E-state index in [4.69, 9.17) is 9.47 Å². The summed E-state index contributed by atoms with van der Waals surface area (Å²) in [6, 6.07) is 9.34. The maximum atomic E-state index is 12.7. The molecule has 7 nitrogen and oxygen atoms in total. The smallest absolute Gasteiger partial charge is 0.242 e. The molecule has 2 heterocycles. The molecule has 0 saturated carbocycles. The molecule has 0 N–H and O–H groups in total. The van der Waals surface area contributed by atoms with E-state index in [-0.39, 0.29) is 11.8 Å². The number of nitriles is 1. The van der Waals surface area contributed by atoms with Gasteiger partial charge in [-0.2, -0.15) is 5.26 Å². The fourth-order valence-electron chi connectivity index (χ4n) is 3.28. The molecule has 1 aromatic carbocycles. The Hall–Kier alpha value is -3.14. The van der Waals surface area contributed by atoms with Crippen LogP contribution in [0.4, 0.5) is 0 Å². The number of methoxy groups -OCH3 is 1. The molecule has 1 unspecified atom stereocenters. The monoisotopic (exact) mass is 380 g/mol. The maximum Gasteiger partial charge on any atom is 0.242 e. The second-order valence-corrected chi connectivity index (χ2v) is 7.35. The largest absolute Gasteiger partial charge is 0.497 e. The van der Waals surface area contributed by atoms with E-state index in [1.165, 1.54) is 0 Å². The zero-order valence-corrected chi connectivity index (χ0v) is 16.4. The van der Waals surface area contributed by atoms with Crippen LogP contribution < -0.4 is 9.47 Å². The van der Waals surface area contributed by atoms with Gasteiger partial charge < -0.3 is 14.4 Å². The van der Waals surface area contributed by atoms with Crippen LogP contribution in [-0.2, 0) is 4.79 Å². The van der Waals surface area contributed by atoms with Gasteiger partial charge in [0.25, 0.3) is 0 Å². The van der Waals surface area contributed by atoms with Crippen molar-refractivity contribution in [3.8, 4) is 23.4 Å². The second-order valence-electron chi connectivity index (χ2n) is 7.35. The first-order valence-corrected chi connectivity index (χ1v) is 9.28. The molecule has 28 heavy (non-hydrogen) atoms. The van der Waals surface area contributed by atoms with Gasteiger partial charge in [-0.15, -0.1) is 0 Å². The number of amides is 1. The Morgan fingerprint density at radius 3 is 2.57 bits per heavy atom. The van der Waals surface area contributed by atoms with Crippen molar-refractivity contribution in [3.05, 3.63) is 42.4 Å². The normalized spacial score (nSPS) is 16.9. The Labute approximate surface area is 164 Å². The molecule has 0 spiro atoms. The molecule has 2 aromatic rings. The number of carbonyl (C=O) groups excluding carboxylic acids is 1. The van der Waals surface area contributed by atoms with E-state index < -0.39 is 5.41 Å². The highest BCUT2D eigenvalue weighted by Crippen LogP contribution is 2.34. The number of likely N-dealkylation sites (tertiary alicyclic amines) is 1. The topological polar surface area (TPSA) is 88.3 Å². The van der Waals surface area contributed by atoms with Gasteiger partial charge in [-0.25, -0.2) is 4.98 Å². The highest BCUT2D eigenvalue weighted by Gasteiger charge is 2.36. The average molecular weight is 380 g/mol. The minimum Gasteiger partial charge on any atom is -0.497 e. The zero-order chi connectivity index (χ0) is 20.1. The molecule has 1 saturated heterocycles. The molecule has 1 amide bonds. The molecule has 0 radical (unpaired) electrons. The van der Waals surface area contributed by atoms with Crippen molar-refractivity contribution in [1.82, 2.24) is 14.9 Å². The quantitative estimate of drug-likeness (QED) is 0.788. The first kappa shape index (κ1) is 19.6. The van der Waals surface area contributed by atoms with Gasteiger partial charge in [0.05, 0.1) is 13.2 Å². The number of nitrogens with zero attached hydrogens (tertiary/aromatic N) is 4. The minimum atomic E-state index is -1.04. The average Bonchev–Trinajstić information content (AvgIpc) is 2.74. The van der Waals surface area contributed by atoms with E-state index in [9.17, 15) is 10.1 Å². The summed E-state index contributed by atoms with van der Waals surface area (Å²) in [7, 11) is 1.61. The lowest BCUT2D eigenvalue weighted by Gasteiger charge is -2.35. The van der Waals surface area contributed by atoms with Gasteiger partial charge in [0.1, 0.15) is 22.6 Å². The second kappa shape index (κ2) is 8.26. The third-order valence-corrected chi connectivity index (χ3v) is 4.87. The van der Waals surface area contributed by atoms with Crippen LogP contribution in [0.25, 0.3) is 0 Å². The molecule has 1 fully saturated rings. The maximum absolute atomic E-state index is 12.7. The van der Waals surface area contributed by atoms with Crippen molar-refractivity contribution in [2.24, 2.45) is 5.41 Å². The van der Waals surface area contributed by atoms with E-state index >= 15 is 0 Å². The van der Waals surface area contributed by atoms with Crippen LogP contribution >= 0.6 is 0 Å². The highest BCUT2D eigenvalue weighted by atomic mass is 16.5. The van der Waals surface area contributed by atoms with Gasteiger partial charge in [-0.1, -0.05) is 0 Å². The van der Waals surface area contributed by atoms with E-state index in [0.29, 0.717) is 24.7 Å². The number of piperidine rings is 1. The van der Waals surface area contributed by atoms with Gasteiger partial charge in [-0.3, -0.25) is 9.78 Å². The zero-order valence-electron chi connectivity index (χ0n) is 16.4. The molecule has 1 atom stereocenters. The Balaban J connectivity index is 1.79. The SMILES string of the molecule is COc1ccc(Oc2nccnc2C2CCCN(C(=O)C(C)(C)C#N)C2)cc1. The van der Waals surface area contributed by atoms with Gasteiger partial charge in [0.15, 0.2) is 0 Å². The number of rotatable bonds is 5. The lowest BCUT2D eigenvalue weighted by molar-refractivity contribution is -0.138. The number of ether oxygens (including phenoxy) is 2. The summed E-state index contributed by atoms with van der Waals surface area (Å²) in [5, 5.41) is 9.27.